The average molecular weight is 183 g/mol. The van der Waals surface area contributed by atoms with Crippen LogP contribution in [0.1, 0.15) is 5.56 Å². The van der Waals surface area contributed by atoms with Gasteiger partial charge in [-0.05, 0) is 24.0 Å². The number of hydrogen-bond donors (Lipinski definition) is 1. The zero-order valence-corrected chi connectivity index (χ0v) is 8.15. The number of thioether (sulfide) groups is 1. The molecule has 0 aromatic heterocycles. The number of nitrogens with two attached hydrogens (primary N) is 1. The summed E-state index contributed by atoms with van der Waals surface area (Å²) in [5, 5.41) is 0. The number of anilines is 1. The van der Waals surface area contributed by atoms with E-state index in [2.05, 4.69) is 6.26 Å². The van der Waals surface area contributed by atoms with E-state index in [-0.39, 0.29) is 0 Å². The van der Waals surface area contributed by atoms with Gasteiger partial charge in [-0.25, -0.2) is 0 Å². The molecule has 0 saturated heterocycles. The quantitative estimate of drug-likeness (QED) is 0.729. The normalized spacial score (nSPS) is 9.83. The third kappa shape index (κ3) is 2.08. The molecule has 12 heavy (non-hydrogen) atoms. The van der Waals surface area contributed by atoms with Crippen LogP contribution in [0.15, 0.2) is 18.2 Å². The summed E-state index contributed by atoms with van der Waals surface area (Å²) < 4.78 is 5.05. The lowest BCUT2D eigenvalue weighted by atomic mass is 10.2. The monoisotopic (exact) mass is 183 g/mol. The summed E-state index contributed by atoms with van der Waals surface area (Å²) >= 11 is 1.78. The largest absolute Gasteiger partial charge is 0.495 e. The Morgan fingerprint density at radius 3 is 2.75 bits per heavy atom. The summed E-state index contributed by atoms with van der Waals surface area (Å²) in [6.45, 7) is 0. The second-order valence-electron chi connectivity index (χ2n) is 2.51. The lowest BCUT2D eigenvalue weighted by molar-refractivity contribution is 0.417. The summed E-state index contributed by atoms with van der Waals surface area (Å²) in [6, 6.07) is 5.89. The molecule has 0 radical (unpaired) electrons. The molecule has 0 spiro atoms. The van der Waals surface area contributed by atoms with Gasteiger partial charge in [0.2, 0.25) is 0 Å². The van der Waals surface area contributed by atoms with Crippen molar-refractivity contribution in [1.82, 2.24) is 0 Å². The predicted molar refractivity (Wildman–Crippen MR) is 54.6 cm³/mol. The van der Waals surface area contributed by atoms with Crippen LogP contribution in [-0.4, -0.2) is 13.4 Å². The van der Waals surface area contributed by atoms with Gasteiger partial charge in [0.15, 0.2) is 0 Å². The number of methoxy groups -OCH3 is 1. The van der Waals surface area contributed by atoms with Crippen molar-refractivity contribution >= 4 is 17.4 Å². The fraction of sp³-hybridized carbons (Fsp3) is 0.333. The summed E-state index contributed by atoms with van der Waals surface area (Å²) in [7, 11) is 1.62. The molecule has 0 aliphatic heterocycles. The van der Waals surface area contributed by atoms with Gasteiger partial charge >= 0.3 is 0 Å². The summed E-state index contributed by atoms with van der Waals surface area (Å²) in [5.74, 6) is 1.74. The van der Waals surface area contributed by atoms with Crippen LogP contribution in [0.2, 0.25) is 0 Å². The maximum absolute atomic E-state index is 5.73. The Morgan fingerprint density at radius 1 is 1.50 bits per heavy atom. The molecular formula is C9H13NOS. The van der Waals surface area contributed by atoms with Crippen LogP contribution in [0, 0.1) is 0 Å². The highest BCUT2D eigenvalue weighted by atomic mass is 32.2. The van der Waals surface area contributed by atoms with E-state index in [0.717, 1.165) is 11.5 Å². The fourth-order valence-electron chi connectivity index (χ4n) is 1.04. The van der Waals surface area contributed by atoms with Gasteiger partial charge in [-0.1, -0.05) is 6.07 Å². The Morgan fingerprint density at radius 2 is 2.25 bits per heavy atom. The maximum atomic E-state index is 5.73. The summed E-state index contributed by atoms with van der Waals surface area (Å²) in [6.07, 6.45) is 2.07. The highest BCUT2D eigenvalue weighted by Gasteiger charge is 1.99. The molecule has 2 N–H and O–H groups in total. The van der Waals surface area contributed by atoms with Gasteiger partial charge in [0, 0.05) is 5.75 Å². The first-order valence-electron chi connectivity index (χ1n) is 3.69. The molecule has 0 amide bonds. The third-order valence-electron chi connectivity index (χ3n) is 1.61. The number of benzene rings is 1. The van der Waals surface area contributed by atoms with Crippen LogP contribution < -0.4 is 10.5 Å². The standard InChI is InChI=1S/C9H13NOS/c1-11-9-4-3-7(6-12-2)5-8(9)10/h3-5H,6,10H2,1-2H3. The van der Waals surface area contributed by atoms with Crippen molar-refractivity contribution in [3.8, 4) is 5.75 Å². The lowest BCUT2D eigenvalue weighted by Crippen LogP contribution is -1.93. The van der Waals surface area contributed by atoms with Gasteiger partial charge in [-0.2, -0.15) is 11.8 Å². The van der Waals surface area contributed by atoms with Gasteiger partial charge in [-0.15, -0.1) is 0 Å². The van der Waals surface area contributed by atoms with E-state index in [1.165, 1.54) is 5.56 Å². The van der Waals surface area contributed by atoms with Crippen molar-refractivity contribution in [2.45, 2.75) is 5.75 Å². The summed E-state index contributed by atoms with van der Waals surface area (Å²) in [4.78, 5) is 0. The van der Waals surface area contributed by atoms with E-state index in [4.69, 9.17) is 10.5 Å². The van der Waals surface area contributed by atoms with Crippen molar-refractivity contribution in [2.75, 3.05) is 19.1 Å². The molecule has 0 aliphatic carbocycles. The molecule has 0 fully saturated rings. The molecule has 0 heterocycles. The molecule has 0 atom stereocenters. The predicted octanol–water partition coefficient (Wildman–Crippen LogP) is 2.14. The Kier molecular flexibility index (Phi) is 3.29. The third-order valence-corrected chi connectivity index (χ3v) is 2.23. The number of rotatable bonds is 3. The molecule has 2 nitrogen and oxygen atoms in total. The SMILES string of the molecule is COc1ccc(CSC)cc1N. The molecular weight excluding hydrogens is 170 g/mol. The average Bonchev–Trinajstić information content (AvgIpc) is 2.05. The molecule has 3 heteroatoms. The Hall–Kier alpha value is -0.830. The van der Waals surface area contributed by atoms with Gasteiger partial charge in [-0.3, -0.25) is 0 Å². The Balaban J connectivity index is 2.86. The van der Waals surface area contributed by atoms with E-state index in [0.29, 0.717) is 5.69 Å². The van der Waals surface area contributed by atoms with E-state index < -0.39 is 0 Å². The second kappa shape index (κ2) is 4.26. The second-order valence-corrected chi connectivity index (χ2v) is 3.38. The zero-order valence-electron chi connectivity index (χ0n) is 7.33. The molecule has 0 unspecified atom stereocenters. The van der Waals surface area contributed by atoms with Gasteiger partial charge < -0.3 is 10.5 Å². The molecule has 66 valence electrons. The van der Waals surface area contributed by atoms with Crippen LogP contribution in [0.25, 0.3) is 0 Å². The van der Waals surface area contributed by atoms with E-state index in [1.54, 1.807) is 18.9 Å². The van der Waals surface area contributed by atoms with Crippen molar-refractivity contribution in [2.24, 2.45) is 0 Å². The molecule has 0 bridgehead atoms. The zero-order chi connectivity index (χ0) is 8.97. The number of ether oxygens (including phenoxy) is 1. The van der Waals surface area contributed by atoms with E-state index in [1.807, 2.05) is 18.2 Å². The van der Waals surface area contributed by atoms with Gasteiger partial charge in [0.25, 0.3) is 0 Å². The van der Waals surface area contributed by atoms with Crippen molar-refractivity contribution in [3.05, 3.63) is 23.8 Å². The fourth-order valence-corrected chi connectivity index (χ4v) is 1.55. The minimum absolute atomic E-state index is 0.712. The van der Waals surface area contributed by atoms with Crippen molar-refractivity contribution < 1.29 is 4.74 Å². The topological polar surface area (TPSA) is 35.2 Å². The molecule has 1 aromatic rings. The highest BCUT2D eigenvalue weighted by molar-refractivity contribution is 7.97. The first-order chi connectivity index (χ1) is 5.77. The summed E-state index contributed by atoms with van der Waals surface area (Å²) in [5.41, 5.74) is 7.68. The highest BCUT2D eigenvalue weighted by Crippen LogP contribution is 2.23. The first kappa shape index (κ1) is 9.26. The number of hydrogen-bond acceptors (Lipinski definition) is 3. The first-order valence-corrected chi connectivity index (χ1v) is 5.08. The van der Waals surface area contributed by atoms with Gasteiger partial charge in [0.05, 0.1) is 12.8 Å². The Bertz CT molecular complexity index is 263. The van der Waals surface area contributed by atoms with E-state index >= 15 is 0 Å². The lowest BCUT2D eigenvalue weighted by Gasteiger charge is -2.05. The van der Waals surface area contributed by atoms with Crippen LogP contribution in [0.5, 0.6) is 5.75 Å². The molecule has 1 aromatic carbocycles. The van der Waals surface area contributed by atoms with E-state index in [9.17, 15) is 0 Å². The van der Waals surface area contributed by atoms with Gasteiger partial charge in [0.1, 0.15) is 5.75 Å². The van der Waals surface area contributed by atoms with Crippen LogP contribution in [-0.2, 0) is 5.75 Å². The molecule has 0 saturated carbocycles. The molecule has 0 aliphatic rings. The Labute approximate surface area is 77.1 Å². The van der Waals surface area contributed by atoms with Crippen molar-refractivity contribution in [1.29, 1.82) is 0 Å². The smallest absolute Gasteiger partial charge is 0.141 e. The number of nitrogen functional groups attached to an aromatic ring is 1. The van der Waals surface area contributed by atoms with Crippen LogP contribution in [0.3, 0.4) is 0 Å². The van der Waals surface area contributed by atoms with Crippen LogP contribution in [0.4, 0.5) is 5.69 Å². The minimum atomic E-state index is 0.712. The maximum Gasteiger partial charge on any atom is 0.141 e. The van der Waals surface area contributed by atoms with Crippen molar-refractivity contribution in [3.63, 3.8) is 0 Å². The minimum Gasteiger partial charge on any atom is -0.495 e. The molecule has 1 rings (SSSR count). The van der Waals surface area contributed by atoms with Crippen LogP contribution >= 0.6 is 11.8 Å².